The van der Waals surface area contributed by atoms with Gasteiger partial charge in [-0.15, -0.1) is 10.2 Å². The van der Waals surface area contributed by atoms with Gasteiger partial charge in [0.25, 0.3) is 5.22 Å². The zero-order chi connectivity index (χ0) is 21.8. The summed E-state index contributed by atoms with van der Waals surface area (Å²) in [6.45, 7) is 1.99. The van der Waals surface area contributed by atoms with E-state index in [0.29, 0.717) is 23.6 Å². The first kappa shape index (κ1) is 20.8. The van der Waals surface area contributed by atoms with Gasteiger partial charge in [0, 0.05) is 6.42 Å². The SMILES string of the molecule is CCOC(=O)c1ccc(N2C(=O)CC(Sc3nnc(Cc4ccccc4)o3)C2=O)cc1. The van der Waals surface area contributed by atoms with Gasteiger partial charge in [0.2, 0.25) is 17.7 Å². The highest BCUT2D eigenvalue weighted by Gasteiger charge is 2.41. The first-order valence-corrected chi connectivity index (χ1v) is 10.6. The number of imide groups is 1. The normalized spacial score (nSPS) is 16.0. The summed E-state index contributed by atoms with van der Waals surface area (Å²) in [6, 6.07) is 15.9. The lowest BCUT2D eigenvalue weighted by atomic mass is 10.2. The average molecular weight is 437 g/mol. The summed E-state index contributed by atoms with van der Waals surface area (Å²) in [5, 5.41) is 7.62. The molecule has 9 heteroatoms. The van der Waals surface area contributed by atoms with Crippen LogP contribution in [0.1, 0.15) is 35.2 Å². The number of benzene rings is 2. The smallest absolute Gasteiger partial charge is 0.338 e. The van der Waals surface area contributed by atoms with E-state index in [1.54, 1.807) is 19.1 Å². The van der Waals surface area contributed by atoms with E-state index in [4.69, 9.17) is 9.15 Å². The van der Waals surface area contributed by atoms with Crippen LogP contribution < -0.4 is 4.90 Å². The van der Waals surface area contributed by atoms with Crippen LogP contribution in [-0.2, 0) is 20.7 Å². The number of esters is 1. The zero-order valence-corrected chi connectivity index (χ0v) is 17.5. The average Bonchev–Trinajstić information content (AvgIpc) is 3.32. The first-order valence-electron chi connectivity index (χ1n) is 9.72. The number of amides is 2. The first-order chi connectivity index (χ1) is 15.0. The maximum Gasteiger partial charge on any atom is 0.338 e. The Balaban J connectivity index is 1.42. The van der Waals surface area contributed by atoms with E-state index in [-0.39, 0.29) is 30.1 Å². The molecule has 1 unspecified atom stereocenters. The molecule has 0 bridgehead atoms. The third-order valence-corrected chi connectivity index (χ3v) is 5.65. The van der Waals surface area contributed by atoms with Crippen molar-refractivity contribution in [3.05, 3.63) is 71.6 Å². The molecular formula is C22H19N3O5S. The second-order valence-corrected chi connectivity index (χ2v) is 7.92. The Morgan fingerprint density at radius 3 is 2.58 bits per heavy atom. The van der Waals surface area contributed by atoms with Gasteiger partial charge < -0.3 is 9.15 Å². The minimum Gasteiger partial charge on any atom is -0.462 e. The Kier molecular flexibility index (Phi) is 6.13. The summed E-state index contributed by atoms with van der Waals surface area (Å²) in [4.78, 5) is 38.2. The molecule has 1 aromatic heterocycles. The number of carbonyl (C=O) groups is 3. The van der Waals surface area contributed by atoms with Crippen LogP contribution >= 0.6 is 11.8 Å². The lowest BCUT2D eigenvalue weighted by Gasteiger charge is -2.14. The Labute approximate surface area is 182 Å². The van der Waals surface area contributed by atoms with Crippen molar-refractivity contribution >= 4 is 35.2 Å². The van der Waals surface area contributed by atoms with Crippen LogP contribution in [0.4, 0.5) is 5.69 Å². The molecule has 3 aromatic rings. The number of anilines is 1. The number of aromatic nitrogens is 2. The molecule has 8 nitrogen and oxygen atoms in total. The van der Waals surface area contributed by atoms with Crippen molar-refractivity contribution in [1.82, 2.24) is 10.2 Å². The molecule has 4 rings (SSSR count). The van der Waals surface area contributed by atoms with E-state index < -0.39 is 11.2 Å². The monoisotopic (exact) mass is 437 g/mol. The molecule has 0 saturated carbocycles. The van der Waals surface area contributed by atoms with Crippen molar-refractivity contribution in [1.29, 1.82) is 0 Å². The molecule has 0 aliphatic carbocycles. The number of carbonyl (C=O) groups excluding carboxylic acids is 3. The summed E-state index contributed by atoms with van der Waals surface area (Å²) in [5.74, 6) is -0.696. The summed E-state index contributed by atoms with van der Waals surface area (Å²) < 4.78 is 10.6. The highest BCUT2D eigenvalue weighted by Crippen LogP contribution is 2.33. The molecule has 2 amide bonds. The number of thioether (sulfide) groups is 1. The molecular weight excluding hydrogens is 418 g/mol. The Hall–Kier alpha value is -3.46. The predicted molar refractivity (Wildman–Crippen MR) is 113 cm³/mol. The Morgan fingerprint density at radius 2 is 1.87 bits per heavy atom. The van der Waals surface area contributed by atoms with Gasteiger partial charge >= 0.3 is 5.97 Å². The predicted octanol–water partition coefficient (Wildman–Crippen LogP) is 3.26. The van der Waals surface area contributed by atoms with E-state index >= 15 is 0 Å². The van der Waals surface area contributed by atoms with Gasteiger partial charge in [-0.2, -0.15) is 0 Å². The van der Waals surface area contributed by atoms with Crippen molar-refractivity contribution < 1.29 is 23.5 Å². The molecule has 1 saturated heterocycles. The van der Waals surface area contributed by atoms with Crippen molar-refractivity contribution in [2.75, 3.05) is 11.5 Å². The third-order valence-electron chi connectivity index (χ3n) is 4.63. The third kappa shape index (κ3) is 4.66. The molecule has 0 N–H and O–H groups in total. The van der Waals surface area contributed by atoms with Crippen LogP contribution in [0.3, 0.4) is 0 Å². The van der Waals surface area contributed by atoms with Gasteiger partial charge in [-0.25, -0.2) is 9.69 Å². The van der Waals surface area contributed by atoms with Crippen molar-refractivity contribution in [3.8, 4) is 0 Å². The van der Waals surface area contributed by atoms with Gasteiger partial charge in [0.15, 0.2) is 0 Å². The van der Waals surface area contributed by atoms with E-state index in [9.17, 15) is 14.4 Å². The van der Waals surface area contributed by atoms with E-state index in [1.165, 1.54) is 12.1 Å². The molecule has 1 aliphatic rings. The van der Waals surface area contributed by atoms with Gasteiger partial charge in [-0.1, -0.05) is 42.1 Å². The number of hydrogen-bond donors (Lipinski definition) is 0. The molecule has 2 heterocycles. The molecule has 1 aliphatic heterocycles. The second kappa shape index (κ2) is 9.13. The van der Waals surface area contributed by atoms with Crippen molar-refractivity contribution in [2.45, 2.75) is 30.2 Å². The molecule has 2 aromatic carbocycles. The minimum atomic E-state index is -0.651. The molecule has 0 spiro atoms. The van der Waals surface area contributed by atoms with Gasteiger partial charge in [0.05, 0.1) is 24.3 Å². The topological polar surface area (TPSA) is 103 Å². The summed E-state index contributed by atoms with van der Waals surface area (Å²) in [7, 11) is 0. The fourth-order valence-corrected chi connectivity index (χ4v) is 4.09. The van der Waals surface area contributed by atoms with Gasteiger partial charge in [-0.3, -0.25) is 9.59 Å². The van der Waals surface area contributed by atoms with Crippen LogP contribution in [0, 0.1) is 0 Å². The second-order valence-electron chi connectivity index (χ2n) is 6.77. The van der Waals surface area contributed by atoms with Crippen LogP contribution in [0.5, 0.6) is 0 Å². The maximum absolute atomic E-state index is 12.8. The summed E-state index contributed by atoms with van der Waals surface area (Å²) in [6.07, 6.45) is 0.518. The van der Waals surface area contributed by atoms with Crippen LogP contribution in [0.15, 0.2) is 64.2 Å². The Bertz CT molecular complexity index is 1100. The molecule has 0 radical (unpaired) electrons. The summed E-state index contributed by atoms with van der Waals surface area (Å²) in [5.41, 5.74) is 1.79. The largest absolute Gasteiger partial charge is 0.462 e. The minimum absolute atomic E-state index is 0.0273. The fourth-order valence-electron chi connectivity index (χ4n) is 3.18. The van der Waals surface area contributed by atoms with Crippen molar-refractivity contribution in [2.24, 2.45) is 0 Å². The number of hydrogen-bond acceptors (Lipinski definition) is 8. The zero-order valence-electron chi connectivity index (χ0n) is 16.7. The van der Waals surface area contributed by atoms with E-state index in [0.717, 1.165) is 22.2 Å². The van der Waals surface area contributed by atoms with Crippen LogP contribution in [0.25, 0.3) is 0 Å². The van der Waals surface area contributed by atoms with E-state index in [1.807, 2.05) is 30.3 Å². The van der Waals surface area contributed by atoms with Crippen molar-refractivity contribution in [3.63, 3.8) is 0 Å². The molecule has 158 valence electrons. The lowest BCUT2D eigenvalue weighted by molar-refractivity contribution is -0.121. The van der Waals surface area contributed by atoms with Crippen LogP contribution in [0.2, 0.25) is 0 Å². The summed E-state index contributed by atoms with van der Waals surface area (Å²) >= 11 is 1.08. The fraction of sp³-hybridized carbons (Fsp3) is 0.227. The lowest BCUT2D eigenvalue weighted by Crippen LogP contribution is -2.31. The Morgan fingerprint density at radius 1 is 1.13 bits per heavy atom. The highest BCUT2D eigenvalue weighted by atomic mass is 32.2. The number of ether oxygens (including phenoxy) is 1. The quantitative estimate of drug-likeness (QED) is 0.410. The molecule has 31 heavy (non-hydrogen) atoms. The molecule has 1 atom stereocenters. The highest BCUT2D eigenvalue weighted by molar-refractivity contribution is 8.00. The number of nitrogens with zero attached hydrogens (tertiary/aromatic N) is 3. The maximum atomic E-state index is 12.8. The van der Waals surface area contributed by atoms with E-state index in [2.05, 4.69) is 10.2 Å². The van der Waals surface area contributed by atoms with Gasteiger partial charge in [-0.05, 0) is 36.8 Å². The van der Waals surface area contributed by atoms with Crippen LogP contribution in [-0.4, -0.2) is 39.8 Å². The molecule has 1 fully saturated rings. The van der Waals surface area contributed by atoms with Gasteiger partial charge in [0.1, 0.15) is 5.25 Å². The standard InChI is InChI=1S/C22H19N3O5S/c1-2-29-21(28)15-8-10-16(11-9-15)25-19(26)13-17(20(25)27)31-22-24-23-18(30-22)12-14-6-4-3-5-7-14/h3-11,17H,2,12-13H2,1H3. The number of rotatable bonds is 7.